The van der Waals surface area contributed by atoms with E-state index >= 15 is 0 Å². The highest BCUT2D eigenvalue weighted by molar-refractivity contribution is 7.80. The first-order chi connectivity index (χ1) is 8.20. The van der Waals surface area contributed by atoms with Crippen LogP contribution in [0.3, 0.4) is 0 Å². The second-order valence-corrected chi connectivity index (χ2v) is 4.58. The maximum absolute atomic E-state index is 9.69. The zero-order valence-corrected chi connectivity index (χ0v) is 11.0. The number of aliphatic hydroxyl groups excluding tert-OH is 2. The van der Waals surface area contributed by atoms with Crippen molar-refractivity contribution in [1.29, 1.82) is 0 Å². The summed E-state index contributed by atoms with van der Waals surface area (Å²) < 4.78 is 15.7. The number of thiol groups is 1. The molecule has 0 aromatic heterocycles. The van der Waals surface area contributed by atoms with Gasteiger partial charge >= 0.3 is 0 Å². The molecule has 0 bridgehead atoms. The average molecular weight is 266 g/mol. The molecule has 102 valence electrons. The van der Waals surface area contributed by atoms with Crippen molar-refractivity contribution in [3.63, 3.8) is 0 Å². The summed E-state index contributed by atoms with van der Waals surface area (Å²) in [6, 6.07) is 0. The van der Waals surface area contributed by atoms with E-state index in [1.165, 1.54) is 7.11 Å². The minimum absolute atomic E-state index is 0.248. The van der Waals surface area contributed by atoms with Crippen molar-refractivity contribution in [3.8, 4) is 0 Å². The molecule has 4 atom stereocenters. The number of hydrogen-bond donors (Lipinski definition) is 3. The van der Waals surface area contributed by atoms with Crippen molar-refractivity contribution in [3.05, 3.63) is 0 Å². The number of rotatable bonds is 8. The van der Waals surface area contributed by atoms with Crippen LogP contribution in [0.25, 0.3) is 0 Å². The van der Waals surface area contributed by atoms with Crippen LogP contribution in [-0.4, -0.2) is 60.9 Å². The lowest BCUT2D eigenvalue weighted by Crippen LogP contribution is -2.35. The van der Waals surface area contributed by atoms with Crippen LogP contribution >= 0.6 is 12.6 Å². The molecule has 0 spiro atoms. The molecular formula is C11H22O5S. The summed E-state index contributed by atoms with van der Waals surface area (Å²) in [4.78, 5) is 0. The van der Waals surface area contributed by atoms with Gasteiger partial charge in [-0.25, -0.2) is 0 Å². The lowest BCUT2D eigenvalue weighted by atomic mass is 10.1. The van der Waals surface area contributed by atoms with Gasteiger partial charge in [-0.15, -0.1) is 0 Å². The van der Waals surface area contributed by atoms with E-state index in [2.05, 4.69) is 12.6 Å². The van der Waals surface area contributed by atoms with Crippen LogP contribution in [0.2, 0.25) is 0 Å². The molecule has 1 fully saturated rings. The molecule has 1 aliphatic rings. The largest absolute Gasteiger partial charge is 0.387 e. The summed E-state index contributed by atoms with van der Waals surface area (Å²) in [6.45, 7) is 0.764. The minimum Gasteiger partial charge on any atom is -0.387 e. The first-order valence-corrected chi connectivity index (χ1v) is 6.57. The molecule has 0 radical (unpaired) electrons. The minimum atomic E-state index is -1.000. The van der Waals surface area contributed by atoms with Crippen molar-refractivity contribution in [1.82, 2.24) is 0 Å². The number of ether oxygens (including phenoxy) is 3. The third-order valence-corrected chi connectivity index (χ3v) is 3.05. The molecule has 0 aromatic carbocycles. The van der Waals surface area contributed by atoms with Gasteiger partial charge in [0.25, 0.3) is 0 Å². The Kier molecular flexibility index (Phi) is 7.41. The molecule has 1 heterocycles. The zero-order chi connectivity index (χ0) is 12.7. The quantitative estimate of drug-likeness (QED) is 0.432. The molecule has 17 heavy (non-hydrogen) atoms. The van der Waals surface area contributed by atoms with Gasteiger partial charge in [0.05, 0.1) is 6.61 Å². The third kappa shape index (κ3) is 4.73. The van der Waals surface area contributed by atoms with Gasteiger partial charge in [0, 0.05) is 13.7 Å². The molecule has 0 aromatic rings. The summed E-state index contributed by atoms with van der Waals surface area (Å²) in [7, 11) is 1.52. The van der Waals surface area contributed by atoms with Crippen LogP contribution < -0.4 is 0 Å². The van der Waals surface area contributed by atoms with E-state index in [0.29, 0.717) is 6.61 Å². The van der Waals surface area contributed by atoms with Gasteiger partial charge in [0.2, 0.25) is 0 Å². The van der Waals surface area contributed by atoms with E-state index in [9.17, 15) is 10.2 Å². The summed E-state index contributed by atoms with van der Waals surface area (Å²) in [5.41, 5.74) is 0. The number of unbranched alkanes of at least 4 members (excludes halogenated alkanes) is 2. The summed E-state index contributed by atoms with van der Waals surface area (Å²) in [6.07, 6.45) is -0.222. The second-order valence-electron chi connectivity index (χ2n) is 4.13. The number of methoxy groups -OCH3 is 1. The Morgan fingerprint density at radius 2 is 1.94 bits per heavy atom. The summed E-state index contributed by atoms with van der Waals surface area (Å²) in [5, 5.41) is 19.3. The Morgan fingerprint density at radius 3 is 2.59 bits per heavy atom. The zero-order valence-electron chi connectivity index (χ0n) is 10.1. The highest BCUT2D eigenvalue weighted by atomic mass is 32.1. The highest BCUT2D eigenvalue weighted by Gasteiger charge is 2.43. The highest BCUT2D eigenvalue weighted by Crippen LogP contribution is 2.22. The van der Waals surface area contributed by atoms with E-state index < -0.39 is 24.6 Å². The monoisotopic (exact) mass is 266 g/mol. The predicted molar refractivity (Wildman–Crippen MR) is 66.2 cm³/mol. The van der Waals surface area contributed by atoms with Gasteiger partial charge < -0.3 is 24.4 Å². The molecular weight excluding hydrogens is 244 g/mol. The van der Waals surface area contributed by atoms with Crippen LogP contribution in [0.5, 0.6) is 0 Å². The molecule has 5 nitrogen and oxygen atoms in total. The topological polar surface area (TPSA) is 68.2 Å². The van der Waals surface area contributed by atoms with Gasteiger partial charge in [0.15, 0.2) is 6.29 Å². The third-order valence-electron chi connectivity index (χ3n) is 2.73. The molecule has 4 unspecified atom stereocenters. The number of hydrogen-bond acceptors (Lipinski definition) is 6. The van der Waals surface area contributed by atoms with Gasteiger partial charge in [-0.05, 0) is 18.6 Å². The molecule has 1 aliphatic heterocycles. The molecule has 0 saturated carbocycles. The van der Waals surface area contributed by atoms with E-state index in [1.54, 1.807) is 0 Å². The van der Waals surface area contributed by atoms with Crippen molar-refractivity contribution < 1.29 is 24.4 Å². The van der Waals surface area contributed by atoms with E-state index in [4.69, 9.17) is 14.2 Å². The molecule has 6 heteroatoms. The lowest BCUT2D eigenvalue weighted by Gasteiger charge is -2.15. The van der Waals surface area contributed by atoms with Gasteiger partial charge in [-0.2, -0.15) is 12.6 Å². The normalized spacial score (nSPS) is 33.2. The average Bonchev–Trinajstić information content (AvgIpc) is 2.58. The maximum atomic E-state index is 9.69. The fourth-order valence-corrected chi connectivity index (χ4v) is 1.97. The molecule has 2 N–H and O–H groups in total. The fraction of sp³-hybridized carbons (Fsp3) is 1.00. The lowest BCUT2D eigenvalue weighted by molar-refractivity contribution is -0.170. The SMILES string of the molecule is COCC1OC(OCCCCCS)C(O)C1O. The predicted octanol–water partition coefficient (Wildman–Crippen LogP) is 0.196. The molecule has 0 aliphatic carbocycles. The summed E-state index contributed by atoms with van der Waals surface area (Å²) >= 11 is 4.12. The van der Waals surface area contributed by atoms with E-state index in [0.717, 1.165) is 25.0 Å². The molecule has 1 rings (SSSR count). The maximum Gasteiger partial charge on any atom is 0.186 e. The Bertz CT molecular complexity index is 204. The Morgan fingerprint density at radius 1 is 1.18 bits per heavy atom. The molecule has 1 saturated heterocycles. The van der Waals surface area contributed by atoms with Crippen molar-refractivity contribution >= 4 is 12.6 Å². The van der Waals surface area contributed by atoms with Crippen LogP contribution in [0, 0.1) is 0 Å². The first-order valence-electron chi connectivity index (χ1n) is 5.93. The fourth-order valence-electron chi connectivity index (χ4n) is 1.74. The van der Waals surface area contributed by atoms with Crippen LogP contribution in [0.1, 0.15) is 19.3 Å². The molecule has 0 amide bonds. The van der Waals surface area contributed by atoms with Crippen molar-refractivity contribution in [2.24, 2.45) is 0 Å². The van der Waals surface area contributed by atoms with Crippen LogP contribution in [0.4, 0.5) is 0 Å². The first kappa shape index (κ1) is 15.2. The van der Waals surface area contributed by atoms with E-state index in [-0.39, 0.29) is 6.61 Å². The van der Waals surface area contributed by atoms with Gasteiger partial charge in [-0.3, -0.25) is 0 Å². The van der Waals surface area contributed by atoms with Gasteiger partial charge in [-0.1, -0.05) is 6.42 Å². The van der Waals surface area contributed by atoms with Crippen molar-refractivity contribution in [2.45, 2.75) is 43.9 Å². The Labute approximate surface area is 107 Å². The second kappa shape index (κ2) is 8.29. The van der Waals surface area contributed by atoms with Gasteiger partial charge in [0.1, 0.15) is 18.3 Å². The van der Waals surface area contributed by atoms with Crippen LogP contribution in [0.15, 0.2) is 0 Å². The van der Waals surface area contributed by atoms with Crippen LogP contribution in [-0.2, 0) is 14.2 Å². The number of aliphatic hydroxyl groups is 2. The smallest absolute Gasteiger partial charge is 0.186 e. The van der Waals surface area contributed by atoms with Crippen molar-refractivity contribution in [2.75, 3.05) is 26.1 Å². The Hall–Kier alpha value is 0.150. The van der Waals surface area contributed by atoms with E-state index in [1.807, 2.05) is 0 Å². The summed E-state index contributed by atoms with van der Waals surface area (Å²) in [5.74, 6) is 0.872. The standard InChI is InChI=1S/C11H22O5S/c1-14-7-8-9(12)10(13)11(16-8)15-5-3-2-4-6-17/h8-13,17H,2-7H2,1H3. The Balaban J connectivity index is 2.20.